The van der Waals surface area contributed by atoms with E-state index < -0.39 is 0 Å². The fraction of sp³-hybridized carbons (Fsp3) is 0.200. The van der Waals surface area contributed by atoms with Gasteiger partial charge in [0.2, 0.25) is 5.95 Å². The Morgan fingerprint density at radius 3 is 2.67 bits per heavy atom. The van der Waals surface area contributed by atoms with E-state index in [1.165, 1.54) is 5.69 Å². The van der Waals surface area contributed by atoms with Crippen molar-refractivity contribution in [1.82, 2.24) is 9.97 Å². The maximum atomic E-state index is 5.74. The van der Waals surface area contributed by atoms with Crippen LogP contribution in [0.25, 0.3) is 0 Å². The number of aromatic nitrogens is 2. The van der Waals surface area contributed by atoms with E-state index in [0.717, 1.165) is 47.6 Å². The van der Waals surface area contributed by atoms with Crippen LogP contribution in [0.3, 0.4) is 0 Å². The van der Waals surface area contributed by atoms with Crippen LogP contribution in [0, 0.1) is 0 Å². The number of hydrogen-bond acceptors (Lipinski definition) is 7. The molecule has 6 nitrogen and oxygen atoms in total. The number of nitrogens with one attached hydrogen (secondary N) is 1. The lowest BCUT2D eigenvalue weighted by molar-refractivity contribution is 0.122. The summed E-state index contributed by atoms with van der Waals surface area (Å²) in [7, 11) is 0. The van der Waals surface area contributed by atoms with Crippen LogP contribution in [0.1, 0.15) is 0 Å². The second kappa shape index (κ2) is 8.28. The third kappa shape index (κ3) is 4.69. The zero-order chi connectivity index (χ0) is 18.5. The number of benzene rings is 2. The molecule has 1 aromatic heterocycles. The quantitative estimate of drug-likeness (QED) is 0.516. The van der Waals surface area contributed by atoms with Gasteiger partial charge in [0.1, 0.15) is 5.03 Å². The molecule has 138 valence electrons. The van der Waals surface area contributed by atoms with Gasteiger partial charge in [0, 0.05) is 41.2 Å². The predicted octanol–water partition coefficient (Wildman–Crippen LogP) is 3.79. The summed E-state index contributed by atoms with van der Waals surface area (Å²) in [5.74, 6) is 0.578. The Hall–Kier alpha value is -2.77. The molecule has 1 saturated heterocycles. The van der Waals surface area contributed by atoms with Crippen LogP contribution in [0.4, 0.5) is 23.0 Å². The van der Waals surface area contributed by atoms with Crippen LogP contribution in [-0.4, -0.2) is 36.3 Å². The van der Waals surface area contributed by atoms with Crippen molar-refractivity contribution in [2.75, 3.05) is 42.3 Å². The fourth-order valence-corrected chi connectivity index (χ4v) is 3.62. The van der Waals surface area contributed by atoms with Crippen molar-refractivity contribution in [2.24, 2.45) is 0 Å². The number of rotatable bonds is 5. The molecule has 7 heteroatoms. The van der Waals surface area contributed by atoms with E-state index in [9.17, 15) is 0 Å². The maximum Gasteiger partial charge on any atom is 0.228 e. The number of nitrogen functional groups attached to an aromatic ring is 1. The number of nitrogens with two attached hydrogens (primary N) is 1. The minimum atomic E-state index is 0.578. The summed E-state index contributed by atoms with van der Waals surface area (Å²) in [5.41, 5.74) is 8.64. The highest BCUT2D eigenvalue weighted by Crippen LogP contribution is 2.28. The van der Waals surface area contributed by atoms with Crippen LogP contribution in [-0.2, 0) is 4.74 Å². The highest BCUT2D eigenvalue weighted by atomic mass is 32.2. The summed E-state index contributed by atoms with van der Waals surface area (Å²) in [5, 5.41) is 4.18. The Morgan fingerprint density at radius 1 is 1.04 bits per heavy atom. The molecular formula is C20H21N5OS. The number of nitrogens with zero attached hydrogens (tertiary/aromatic N) is 3. The number of morpholine rings is 1. The lowest BCUT2D eigenvalue weighted by atomic mass is 10.2. The van der Waals surface area contributed by atoms with Crippen molar-refractivity contribution in [3.05, 3.63) is 60.8 Å². The highest BCUT2D eigenvalue weighted by molar-refractivity contribution is 7.99. The summed E-state index contributed by atoms with van der Waals surface area (Å²) in [6, 6.07) is 17.9. The van der Waals surface area contributed by atoms with Gasteiger partial charge in [0.15, 0.2) is 0 Å². The molecule has 0 unspecified atom stereocenters. The van der Waals surface area contributed by atoms with Crippen LogP contribution >= 0.6 is 11.8 Å². The molecule has 0 radical (unpaired) electrons. The molecular weight excluding hydrogens is 358 g/mol. The summed E-state index contributed by atoms with van der Waals surface area (Å²) in [4.78, 5) is 12.4. The minimum absolute atomic E-state index is 0.578. The fourth-order valence-electron chi connectivity index (χ4n) is 2.85. The van der Waals surface area contributed by atoms with Gasteiger partial charge in [-0.05, 0) is 48.5 Å². The molecule has 4 rings (SSSR count). The van der Waals surface area contributed by atoms with Crippen molar-refractivity contribution in [3.63, 3.8) is 0 Å². The molecule has 0 spiro atoms. The largest absolute Gasteiger partial charge is 0.399 e. The van der Waals surface area contributed by atoms with Gasteiger partial charge in [-0.25, -0.2) is 9.97 Å². The molecule has 2 aromatic carbocycles. The van der Waals surface area contributed by atoms with Crippen LogP contribution in [0.2, 0.25) is 0 Å². The first-order valence-electron chi connectivity index (χ1n) is 8.82. The van der Waals surface area contributed by atoms with Crippen LogP contribution in [0.15, 0.2) is 70.7 Å². The molecule has 0 amide bonds. The van der Waals surface area contributed by atoms with Crippen LogP contribution in [0.5, 0.6) is 0 Å². The van der Waals surface area contributed by atoms with Gasteiger partial charge in [-0.15, -0.1) is 0 Å². The molecule has 1 aliphatic heterocycles. The van der Waals surface area contributed by atoms with E-state index in [0.29, 0.717) is 5.95 Å². The molecule has 0 aliphatic carbocycles. The monoisotopic (exact) mass is 379 g/mol. The topological polar surface area (TPSA) is 76.3 Å². The van der Waals surface area contributed by atoms with Gasteiger partial charge in [-0.3, -0.25) is 0 Å². The van der Waals surface area contributed by atoms with Crippen molar-refractivity contribution in [2.45, 2.75) is 9.92 Å². The Bertz CT molecular complexity index is 897. The molecule has 27 heavy (non-hydrogen) atoms. The minimum Gasteiger partial charge on any atom is -0.399 e. The molecule has 2 heterocycles. The highest BCUT2D eigenvalue weighted by Gasteiger charge is 2.11. The molecule has 3 N–H and O–H groups in total. The summed E-state index contributed by atoms with van der Waals surface area (Å²) >= 11 is 1.58. The normalized spacial score (nSPS) is 14.1. The summed E-state index contributed by atoms with van der Waals surface area (Å²) in [6.45, 7) is 3.36. The first-order chi connectivity index (χ1) is 13.3. The first-order valence-corrected chi connectivity index (χ1v) is 9.64. The molecule has 1 aliphatic rings. The number of ether oxygens (including phenoxy) is 1. The smallest absolute Gasteiger partial charge is 0.228 e. The number of hydrogen-bond donors (Lipinski definition) is 2. The van der Waals surface area contributed by atoms with Gasteiger partial charge in [-0.1, -0.05) is 17.8 Å². The summed E-state index contributed by atoms with van der Waals surface area (Å²) in [6.07, 6.45) is 1.76. The predicted molar refractivity (Wildman–Crippen MR) is 110 cm³/mol. The first kappa shape index (κ1) is 17.6. The van der Waals surface area contributed by atoms with Gasteiger partial charge in [0.25, 0.3) is 0 Å². The average molecular weight is 379 g/mol. The van der Waals surface area contributed by atoms with Crippen molar-refractivity contribution < 1.29 is 4.74 Å². The van der Waals surface area contributed by atoms with Crippen molar-refractivity contribution >= 4 is 34.8 Å². The van der Waals surface area contributed by atoms with Gasteiger partial charge >= 0.3 is 0 Å². The van der Waals surface area contributed by atoms with E-state index in [2.05, 4.69) is 32.3 Å². The zero-order valence-corrected chi connectivity index (χ0v) is 15.7. The standard InChI is InChI=1S/C20H21N5OS/c21-15-4-6-18(7-5-15)27-19-8-9-22-20(24-19)23-16-2-1-3-17(14-16)25-10-12-26-13-11-25/h1-9,14H,10-13,21H2,(H,22,23,24). The van der Waals surface area contributed by atoms with Crippen molar-refractivity contribution in [3.8, 4) is 0 Å². The lowest BCUT2D eigenvalue weighted by Crippen LogP contribution is -2.36. The van der Waals surface area contributed by atoms with E-state index >= 15 is 0 Å². The third-order valence-corrected chi connectivity index (χ3v) is 5.16. The SMILES string of the molecule is Nc1ccc(Sc2ccnc(Nc3cccc(N4CCOCC4)c3)n2)cc1. The van der Waals surface area contributed by atoms with Gasteiger partial charge < -0.3 is 20.7 Å². The zero-order valence-electron chi connectivity index (χ0n) is 14.8. The Labute approximate surface area is 162 Å². The molecule has 0 atom stereocenters. The molecule has 1 fully saturated rings. The molecule has 3 aromatic rings. The summed E-state index contributed by atoms with van der Waals surface area (Å²) < 4.78 is 5.43. The lowest BCUT2D eigenvalue weighted by Gasteiger charge is -2.29. The van der Waals surface area contributed by atoms with E-state index in [4.69, 9.17) is 10.5 Å². The van der Waals surface area contributed by atoms with E-state index in [-0.39, 0.29) is 0 Å². The second-order valence-corrected chi connectivity index (χ2v) is 7.26. The van der Waals surface area contributed by atoms with Gasteiger partial charge in [0.05, 0.1) is 13.2 Å². The Morgan fingerprint density at radius 2 is 1.85 bits per heavy atom. The molecule has 0 bridgehead atoms. The van der Waals surface area contributed by atoms with Gasteiger partial charge in [-0.2, -0.15) is 0 Å². The Kier molecular flexibility index (Phi) is 5.41. The third-order valence-electron chi connectivity index (χ3n) is 4.21. The average Bonchev–Trinajstić information content (AvgIpc) is 2.71. The molecule has 0 saturated carbocycles. The Balaban J connectivity index is 1.47. The second-order valence-electron chi connectivity index (χ2n) is 6.16. The van der Waals surface area contributed by atoms with E-state index in [1.807, 2.05) is 42.5 Å². The van der Waals surface area contributed by atoms with Crippen molar-refractivity contribution in [1.29, 1.82) is 0 Å². The van der Waals surface area contributed by atoms with E-state index in [1.54, 1.807) is 18.0 Å². The number of anilines is 4. The maximum absolute atomic E-state index is 5.74. The van der Waals surface area contributed by atoms with Crippen LogP contribution < -0.4 is 16.0 Å².